The molecule has 0 saturated carbocycles. The number of amides is 1. The van der Waals surface area contributed by atoms with Gasteiger partial charge in [-0.15, -0.1) is 0 Å². The molecule has 10 heteroatoms. The van der Waals surface area contributed by atoms with Crippen LogP contribution in [0.1, 0.15) is 21.5 Å². The first-order chi connectivity index (χ1) is 16.4. The van der Waals surface area contributed by atoms with Crippen LogP contribution in [0.4, 0.5) is 17.3 Å². The molecular formula is C24H20ClN5O3S. The van der Waals surface area contributed by atoms with E-state index >= 15 is 0 Å². The first-order valence-electron chi connectivity index (χ1n) is 10.2. The summed E-state index contributed by atoms with van der Waals surface area (Å²) in [6.07, 6.45) is 5.08. The Balaban J connectivity index is 1.54. The molecule has 0 bridgehead atoms. The first kappa shape index (κ1) is 23.3. The zero-order valence-corrected chi connectivity index (χ0v) is 19.7. The van der Waals surface area contributed by atoms with Gasteiger partial charge in [0.15, 0.2) is 0 Å². The Bertz CT molecular complexity index is 1420. The van der Waals surface area contributed by atoms with Gasteiger partial charge < -0.3 is 10.6 Å². The van der Waals surface area contributed by atoms with Crippen LogP contribution >= 0.6 is 11.6 Å². The summed E-state index contributed by atoms with van der Waals surface area (Å²) in [5, 5.41) is 6.32. The lowest BCUT2D eigenvalue weighted by atomic mass is 10.1. The van der Waals surface area contributed by atoms with Gasteiger partial charge in [0, 0.05) is 46.1 Å². The van der Waals surface area contributed by atoms with Crippen molar-refractivity contribution >= 4 is 45.5 Å². The molecule has 4 rings (SSSR count). The number of hydrogen-bond donors (Lipinski definition) is 3. The SMILES string of the molecule is Cc1ccc(NC(=O)c2ccc(Cl)c(C[SH](=O)=O)c2)cc1Nc1nccc(-c2cccnc2)n1. The van der Waals surface area contributed by atoms with Gasteiger partial charge in [0.25, 0.3) is 5.91 Å². The van der Waals surface area contributed by atoms with Gasteiger partial charge in [-0.05, 0) is 66.6 Å². The van der Waals surface area contributed by atoms with E-state index in [-0.39, 0.29) is 11.7 Å². The summed E-state index contributed by atoms with van der Waals surface area (Å²) in [5.74, 6) is -0.211. The average molecular weight is 494 g/mol. The molecule has 172 valence electrons. The Labute approximate surface area is 203 Å². The number of aromatic nitrogens is 3. The molecule has 8 nitrogen and oxygen atoms in total. The van der Waals surface area contributed by atoms with Crippen LogP contribution in [-0.2, 0) is 16.5 Å². The fraction of sp³-hybridized carbons (Fsp3) is 0.0833. The van der Waals surface area contributed by atoms with Crippen molar-refractivity contribution in [1.29, 1.82) is 0 Å². The third kappa shape index (κ3) is 5.75. The number of aryl methyl sites for hydroxylation is 1. The summed E-state index contributed by atoms with van der Waals surface area (Å²) in [5.41, 5.74) is 4.48. The van der Waals surface area contributed by atoms with E-state index < -0.39 is 10.7 Å². The number of nitrogens with one attached hydrogen (secondary N) is 2. The lowest BCUT2D eigenvalue weighted by Crippen LogP contribution is -2.12. The summed E-state index contributed by atoms with van der Waals surface area (Å²) in [4.78, 5) is 25.7. The molecule has 34 heavy (non-hydrogen) atoms. The summed E-state index contributed by atoms with van der Waals surface area (Å²) in [6, 6.07) is 15.5. The van der Waals surface area contributed by atoms with Gasteiger partial charge in [-0.1, -0.05) is 17.7 Å². The van der Waals surface area contributed by atoms with Crippen molar-refractivity contribution in [1.82, 2.24) is 15.0 Å². The fourth-order valence-electron chi connectivity index (χ4n) is 3.23. The van der Waals surface area contributed by atoms with Crippen LogP contribution < -0.4 is 10.6 Å². The molecule has 0 unspecified atom stereocenters. The predicted octanol–water partition coefficient (Wildman–Crippen LogP) is 4.61. The molecule has 4 aromatic rings. The van der Waals surface area contributed by atoms with E-state index in [1.54, 1.807) is 42.9 Å². The number of nitrogens with zero attached hydrogens (tertiary/aromatic N) is 3. The standard InChI is InChI=1S/C24H20ClN5O3S/c1-15-4-6-19(28-23(31)16-5-7-20(25)18(11-16)14-34(32)33)12-22(15)30-24-27-10-8-21(29-24)17-3-2-9-26-13-17/h2-13,34H,14H2,1H3,(H,28,31)(H,27,29,30). The number of thiol groups is 1. The third-order valence-corrected chi connectivity index (χ3v) is 5.93. The van der Waals surface area contributed by atoms with Gasteiger partial charge >= 0.3 is 0 Å². The van der Waals surface area contributed by atoms with Crippen molar-refractivity contribution in [2.45, 2.75) is 12.7 Å². The second-order valence-electron chi connectivity index (χ2n) is 7.41. The van der Waals surface area contributed by atoms with E-state index in [1.165, 1.54) is 12.1 Å². The topological polar surface area (TPSA) is 114 Å². The second kappa shape index (κ2) is 10.4. The number of carbonyl (C=O) groups excluding carboxylic acids is 1. The highest BCUT2D eigenvalue weighted by atomic mass is 35.5. The Morgan fingerprint density at radius 2 is 1.91 bits per heavy atom. The number of hydrogen-bond acceptors (Lipinski definition) is 7. The van der Waals surface area contributed by atoms with Gasteiger partial charge in [0.05, 0.1) is 11.4 Å². The average Bonchev–Trinajstić information content (AvgIpc) is 2.83. The number of anilines is 3. The molecule has 0 atom stereocenters. The minimum absolute atomic E-state index is 0.230. The van der Waals surface area contributed by atoms with Crippen molar-refractivity contribution in [2.24, 2.45) is 0 Å². The first-order valence-corrected chi connectivity index (χ1v) is 12.0. The van der Waals surface area contributed by atoms with Gasteiger partial charge in [0.1, 0.15) is 10.7 Å². The lowest BCUT2D eigenvalue weighted by molar-refractivity contribution is 0.102. The van der Waals surface area contributed by atoms with Gasteiger partial charge in [0.2, 0.25) is 5.95 Å². The smallest absolute Gasteiger partial charge is 0.255 e. The van der Waals surface area contributed by atoms with E-state index in [0.29, 0.717) is 27.8 Å². The number of rotatable bonds is 7. The number of carbonyl (C=O) groups is 1. The zero-order chi connectivity index (χ0) is 24.1. The number of pyridine rings is 1. The lowest BCUT2D eigenvalue weighted by Gasteiger charge is -2.12. The summed E-state index contributed by atoms with van der Waals surface area (Å²) in [6.45, 7) is 1.93. The van der Waals surface area contributed by atoms with Crippen molar-refractivity contribution in [3.05, 3.63) is 94.9 Å². The van der Waals surface area contributed by atoms with Gasteiger partial charge in [-0.2, -0.15) is 0 Å². The van der Waals surface area contributed by atoms with E-state index in [2.05, 4.69) is 25.6 Å². The molecular weight excluding hydrogens is 474 g/mol. The molecule has 2 heterocycles. The Kier molecular flexibility index (Phi) is 7.15. The second-order valence-corrected chi connectivity index (χ2v) is 8.80. The highest BCUT2D eigenvalue weighted by molar-refractivity contribution is 7.71. The molecule has 2 N–H and O–H groups in total. The van der Waals surface area contributed by atoms with Gasteiger partial charge in [-0.3, -0.25) is 9.78 Å². The van der Waals surface area contributed by atoms with Crippen LogP contribution in [0.25, 0.3) is 11.3 Å². The molecule has 2 aromatic carbocycles. The van der Waals surface area contributed by atoms with Crippen LogP contribution in [0, 0.1) is 6.92 Å². The van der Waals surface area contributed by atoms with Crippen LogP contribution in [-0.4, -0.2) is 29.3 Å². The van der Waals surface area contributed by atoms with E-state index in [4.69, 9.17) is 11.6 Å². The quantitative estimate of drug-likeness (QED) is 0.322. The molecule has 0 aliphatic carbocycles. The molecule has 0 fully saturated rings. The summed E-state index contributed by atoms with van der Waals surface area (Å²) < 4.78 is 22.1. The summed E-state index contributed by atoms with van der Waals surface area (Å²) in [7, 11) is -2.66. The summed E-state index contributed by atoms with van der Waals surface area (Å²) >= 11 is 6.05. The molecule has 0 spiro atoms. The Morgan fingerprint density at radius 1 is 1.06 bits per heavy atom. The monoisotopic (exact) mass is 493 g/mol. The van der Waals surface area contributed by atoms with Crippen LogP contribution in [0.2, 0.25) is 5.02 Å². The van der Waals surface area contributed by atoms with E-state index in [0.717, 1.165) is 22.5 Å². The Hall–Kier alpha value is -3.82. The van der Waals surface area contributed by atoms with Crippen molar-refractivity contribution in [2.75, 3.05) is 10.6 Å². The van der Waals surface area contributed by atoms with Crippen LogP contribution in [0.3, 0.4) is 0 Å². The molecule has 0 radical (unpaired) electrons. The molecule has 0 saturated heterocycles. The van der Waals surface area contributed by atoms with Crippen molar-refractivity contribution < 1.29 is 13.2 Å². The maximum atomic E-state index is 12.8. The number of halogens is 1. The van der Waals surface area contributed by atoms with Crippen LogP contribution in [0.5, 0.6) is 0 Å². The highest BCUT2D eigenvalue weighted by Crippen LogP contribution is 2.25. The normalized spacial score (nSPS) is 10.8. The van der Waals surface area contributed by atoms with Gasteiger partial charge in [-0.25, -0.2) is 18.4 Å². The van der Waals surface area contributed by atoms with E-state index in [1.807, 2.05) is 25.1 Å². The molecule has 0 aliphatic heterocycles. The highest BCUT2D eigenvalue weighted by Gasteiger charge is 2.12. The van der Waals surface area contributed by atoms with Crippen molar-refractivity contribution in [3.63, 3.8) is 0 Å². The van der Waals surface area contributed by atoms with Crippen molar-refractivity contribution in [3.8, 4) is 11.3 Å². The largest absolute Gasteiger partial charge is 0.324 e. The predicted molar refractivity (Wildman–Crippen MR) is 133 cm³/mol. The molecule has 1 amide bonds. The maximum absolute atomic E-state index is 12.8. The number of benzene rings is 2. The molecule has 0 aliphatic rings. The maximum Gasteiger partial charge on any atom is 0.255 e. The zero-order valence-electron chi connectivity index (χ0n) is 18.0. The fourth-order valence-corrected chi connectivity index (χ4v) is 4.05. The molecule has 2 aromatic heterocycles. The minimum Gasteiger partial charge on any atom is -0.324 e. The van der Waals surface area contributed by atoms with Crippen LogP contribution in [0.15, 0.2) is 73.2 Å². The van der Waals surface area contributed by atoms with E-state index in [9.17, 15) is 13.2 Å². The Morgan fingerprint density at radius 3 is 2.68 bits per heavy atom. The third-order valence-electron chi connectivity index (χ3n) is 4.96. The minimum atomic E-state index is -2.66.